The Bertz CT molecular complexity index is 630. The summed E-state index contributed by atoms with van der Waals surface area (Å²) in [5.41, 5.74) is 2.77. The van der Waals surface area contributed by atoms with Crippen molar-refractivity contribution in [2.24, 2.45) is 0 Å². The van der Waals surface area contributed by atoms with Gasteiger partial charge in [0.2, 0.25) is 11.8 Å². The normalized spacial score (nSPS) is 14.0. The maximum Gasteiger partial charge on any atom is 0.321 e. The van der Waals surface area contributed by atoms with Crippen LogP contribution in [0, 0.1) is 0 Å². The smallest absolute Gasteiger partial charge is 0.321 e. The van der Waals surface area contributed by atoms with Crippen molar-refractivity contribution >= 4 is 29.2 Å². The first-order valence-corrected chi connectivity index (χ1v) is 7.68. The lowest BCUT2D eigenvalue weighted by atomic mass is 10.1. The number of carbonyl (C=O) groups excluding carboxylic acids is 3. The van der Waals surface area contributed by atoms with Crippen LogP contribution in [0.25, 0.3) is 0 Å². The van der Waals surface area contributed by atoms with Crippen molar-refractivity contribution in [1.82, 2.24) is 10.6 Å². The molecule has 1 aromatic rings. The topological polar surface area (TPSA) is 90.5 Å². The Kier molecular flexibility index (Phi) is 5.20. The first-order chi connectivity index (χ1) is 10.9. The molecule has 23 heavy (non-hydrogen) atoms. The lowest BCUT2D eigenvalue weighted by Crippen LogP contribution is -2.45. The van der Waals surface area contributed by atoms with E-state index in [0.717, 1.165) is 23.4 Å². The molecule has 0 saturated carbocycles. The van der Waals surface area contributed by atoms with Crippen LogP contribution in [0.2, 0.25) is 0 Å². The van der Waals surface area contributed by atoms with Crippen LogP contribution in [0.15, 0.2) is 18.2 Å². The summed E-state index contributed by atoms with van der Waals surface area (Å²) < 4.78 is 0. The lowest BCUT2D eigenvalue weighted by Gasteiger charge is -2.17. The Morgan fingerprint density at radius 1 is 1.30 bits per heavy atom. The van der Waals surface area contributed by atoms with Gasteiger partial charge >= 0.3 is 6.03 Å². The summed E-state index contributed by atoms with van der Waals surface area (Å²) in [4.78, 5) is 36.6. The van der Waals surface area contributed by atoms with Gasteiger partial charge in [-0.2, -0.15) is 0 Å². The van der Waals surface area contributed by atoms with Gasteiger partial charge in [-0.25, -0.2) is 4.79 Å². The van der Waals surface area contributed by atoms with Crippen molar-refractivity contribution in [3.63, 3.8) is 0 Å². The highest BCUT2D eigenvalue weighted by molar-refractivity contribution is 5.98. The molecular formula is C16H22N4O3. The summed E-state index contributed by atoms with van der Waals surface area (Å²) in [6.45, 7) is 6.15. The molecule has 0 saturated heterocycles. The van der Waals surface area contributed by atoms with E-state index in [-0.39, 0.29) is 5.91 Å². The molecule has 1 aliphatic rings. The number of rotatable bonds is 4. The number of amides is 4. The van der Waals surface area contributed by atoms with Crippen molar-refractivity contribution in [2.75, 3.05) is 23.3 Å². The Hall–Kier alpha value is -2.57. The van der Waals surface area contributed by atoms with Crippen LogP contribution in [0.5, 0.6) is 0 Å². The molecule has 0 fully saturated rings. The molecule has 124 valence electrons. The van der Waals surface area contributed by atoms with Crippen molar-refractivity contribution in [3.05, 3.63) is 23.8 Å². The molecule has 7 nitrogen and oxygen atoms in total. The largest absolute Gasteiger partial charge is 0.374 e. The molecule has 0 bridgehead atoms. The molecule has 4 amide bonds. The second-order valence-electron chi connectivity index (χ2n) is 5.48. The standard InChI is InChI=1S/C16H22N4O3/c1-4-17-16(23)19-15(22)10(2)18-13-5-6-14-12(9-13)7-8-20(14)11(3)21/h5-6,9-10,18H,4,7-8H2,1-3H3,(H2,17,19,22,23). The average molecular weight is 318 g/mol. The van der Waals surface area contributed by atoms with E-state index in [1.165, 1.54) is 0 Å². The summed E-state index contributed by atoms with van der Waals surface area (Å²) in [7, 11) is 0. The van der Waals surface area contributed by atoms with E-state index in [0.29, 0.717) is 13.1 Å². The monoisotopic (exact) mass is 318 g/mol. The Morgan fingerprint density at radius 2 is 2.04 bits per heavy atom. The Balaban J connectivity index is 2.00. The van der Waals surface area contributed by atoms with Crippen LogP contribution < -0.4 is 20.9 Å². The third-order valence-electron chi connectivity index (χ3n) is 3.71. The number of carbonyl (C=O) groups is 3. The molecule has 1 heterocycles. The van der Waals surface area contributed by atoms with Crippen molar-refractivity contribution < 1.29 is 14.4 Å². The molecular weight excluding hydrogens is 296 g/mol. The van der Waals surface area contributed by atoms with Gasteiger partial charge in [-0.1, -0.05) is 0 Å². The number of hydrogen-bond acceptors (Lipinski definition) is 4. The van der Waals surface area contributed by atoms with Crippen LogP contribution in [-0.2, 0) is 16.0 Å². The fourth-order valence-corrected chi connectivity index (χ4v) is 2.56. The SMILES string of the molecule is CCNC(=O)NC(=O)C(C)Nc1ccc2c(c1)CCN2C(C)=O. The molecule has 0 aliphatic carbocycles. The van der Waals surface area contributed by atoms with Crippen LogP contribution >= 0.6 is 0 Å². The van der Waals surface area contributed by atoms with Gasteiger partial charge in [0.05, 0.1) is 0 Å². The zero-order valence-electron chi connectivity index (χ0n) is 13.6. The molecule has 2 rings (SSSR count). The van der Waals surface area contributed by atoms with E-state index < -0.39 is 18.0 Å². The fraction of sp³-hybridized carbons (Fsp3) is 0.438. The van der Waals surface area contributed by atoms with Crippen molar-refractivity contribution in [1.29, 1.82) is 0 Å². The predicted molar refractivity (Wildman–Crippen MR) is 88.5 cm³/mol. The number of benzene rings is 1. The number of urea groups is 1. The van der Waals surface area contributed by atoms with E-state index in [1.807, 2.05) is 18.2 Å². The summed E-state index contributed by atoms with van der Waals surface area (Å²) in [5, 5.41) is 7.85. The molecule has 0 aromatic heterocycles. The quantitative estimate of drug-likeness (QED) is 0.779. The number of fused-ring (bicyclic) bond motifs is 1. The number of imide groups is 1. The zero-order valence-corrected chi connectivity index (χ0v) is 13.6. The van der Waals surface area contributed by atoms with Crippen molar-refractivity contribution in [2.45, 2.75) is 33.2 Å². The highest BCUT2D eigenvalue weighted by atomic mass is 16.2. The third-order valence-corrected chi connectivity index (χ3v) is 3.71. The van der Waals surface area contributed by atoms with E-state index in [9.17, 15) is 14.4 Å². The van der Waals surface area contributed by atoms with E-state index in [1.54, 1.807) is 25.7 Å². The van der Waals surface area contributed by atoms with Gasteiger partial charge in [-0.3, -0.25) is 14.9 Å². The molecule has 1 atom stereocenters. The van der Waals surface area contributed by atoms with E-state index in [4.69, 9.17) is 0 Å². The summed E-state index contributed by atoms with van der Waals surface area (Å²) in [6.07, 6.45) is 0.796. The molecule has 1 aliphatic heterocycles. The first kappa shape index (κ1) is 16.8. The molecule has 1 unspecified atom stereocenters. The minimum absolute atomic E-state index is 0.0270. The summed E-state index contributed by atoms with van der Waals surface area (Å²) in [6, 6.07) is 4.59. The highest BCUT2D eigenvalue weighted by Gasteiger charge is 2.23. The second kappa shape index (κ2) is 7.13. The summed E-state index contributed by atoms with van der Waals surface area (Å²) in [5.74, 6) is -0.374. The number of nitrogens with one attached hydrogen (secondary N) is 3. The molecule has 7 heteroatoms. The van der Waals surface area contributed by atoms with Crippen LogP contribution in [0.3, 0.4) is 0 Å². The zero-order chi connectivity index (χ0) is 17.0. The maximum absolute atomic E-state index is 11.9. The fourth-order valence-electron chi connectivity index (χ4n) is 2.56. The Labute approximate surface area is 135 Å². The molecule has 1 aromatic carbocycles. The van der Waals surface area contributed by atoms with Gasteiger partial charge in [-0.15, -0.1) is 0 Å². The number of anilines is 2. The molecule has 3 N–H and O–H groups in total. The van der Waals surface area contributed by atoms with Gasteiger partial charge in [0.25, 0.3) is 0 Å². The van der Waals surface area contributed by atoms with E-state index in [2.05, 4.69) is 16.0 Å². The number of nitrogens with zero attached hydrogens (tertiary/aromatic N) is 1. The number of hydrogen-bond donors (Lipinski definition) is 3. The lowest BCUT2D eigenvalue weighted by molar-refractivity contribution is -0.120. The minimum atomic E-state index is -0.555. The first-order valence-electron chi connectivity index (χ1n) is 7.68. The van der Waals surface area contributed by atoms with Crippen LogP contribution in [0.4, 0.5) is 16.2 Å². The highest BCUT2D eigenvalue weighted by Crippen LogP contribution is 2.30. The Morgan fingerprint density at radius 3 is 2.70 bits per heavy atom. The van der Waals surface area contributed by atoms with Crippen LogP contribution in [-0.4, -0.2) is 37.0 Å². The molecule has 0 spiro atoms. The van der Waals surface area contributed by atoms with Gasteiger partial charge in [-0.05, 0) is 44.0 Å². The van der Waals surface area contributed by atoms with E-state index >= 15 is 0 Å². The second-order valence-corrected chi connectivity index (χ2v) is 5.48. The average Bonchev–Trinajstić information content (AvgIpc) is 2.90. The summed E-state index contributed by atoms with van der Waals surface area (Å²) >= 11 is 0. The van der Waals surface area contributed by atoms with Crippen LogP contribution in [0.1, 0.15) is 26.3 Å². The molecule has 0 radical (unpaired) electrons. The maximum atomic E-state index is 11.9. The van der Waals surface area contributed by atoms with Gasteiger partial charge in [0.1, 0.15) is 6.04 Å². The minimum Gasteiger partial charge on any atom is -0.374 e. The van der Waals surface area contributed by atoms with Gasteiger partial charge < -0.3 is 15.5 Å². The van der Waals surface area contributed by atoms with Gasteiger partial charge in [0, 0.05) is 31.4 Å². The predicted octanol–water partition coefficient (Wildman–Crippen LogP) is 1.24. The van der Waals surface area contributed by atoms with Gasteiger partial charge in [0.15, 0.2) is 0 Å². The van der Waals surface area contributed by atoms with Crippen molar-refractivity contribution in [3.8, 4) is 0 Å². The third kappa shape index (κ3) is 4.00.